The van der Waals surface area contributed by atoms with Crippen molar-refractivity contribution >= 4 is 0 Å². The highest BCUT2D eigenvalue weighted by atomic mass is 16.5. The highest BCUT2D eigenvalue weighted by Gasteiger charge is 2.18. The molecule has 2 N–H and O–H groups in total. The van der Waals surface area contributed by atoms with E-state index in [0.29, 0.717) is 6.54 Å². The van der Waals surface area contributed by atoms with Crippen molar-refractivity contribution in [2.45, 2.75) is 19.9 Å². The van der Waals surface area contributed by atoms with Crippen molar-refractivity contribution in [3.63, 3.8) is 0 Å². The third-order valence-electron chi connectivity index (χ3n) is 3.49. The summed E-state index contributed by atoms with van der Waals surface area (Å²) in [7, 11) is 0. The van der Waals surface area contributed by atoms with Crippen LogP contribution in [-0.2, 0) is 13.0 Å². The van der Waals surface area contributed by atoms with E-state index in [1.807, 2.05) is 0 Å². The molecule has 0 unspecified atom stereocenters. The Kier molecular flexibility index (Phi) is 2.80. The maximum absolute atomic E-state index is 5.84. The molecule has 0 saturated heterocycles. The third kappa shape index (κ3) is 1.79. The van der Waals surface area contributed by atoms with Crippen LogP contribution in [-0.4, -0.2) is 6.61 Å². The van der Waals surface area contributed by atoms with Crippen molar-refractivity contribution in [3.05, 3.63) is 53.1 Å². The monoisotopic (exact) mass is 239 g/mol. The highest BCUT2D eigenvalue weighted by Crippen LogP contribution is 2.38. The highest BCUT2D eigenvalue weighted by molar-refractivity contribution is 5.76. The molecule has 3 rings (SSSR count). The lowest BCUT2D eigenvalue weighted by Crippen LogP contribution is -2.00. The number of benzene rings is 2. The standard InChI is InChI=1S/C16H17NO/c1-11-5-6-13(10-17)15(9-11)14-4-2-3-12-7-8-18-16(12)14/h2-6,9H,7-8,10,17H2,1H3. The molecule has 0 spiro atoms. The fourth-order valence-electron chi connectivity index (χ4n) is 2.55. The maximum Gasteiger partial charge on any atom is 0.130 e. The van der Waals surface area contributed by atoms with Gasteiger partial charge in [0, 0.05) is 18.5 Å². The smallest absolute Gasteiger partial charge is 0.130 e. The number of para-hydroxylation sites is 1. The van der Waals surface area contributed by atoms with Crippen LogP contribution in [0.5, 0.6) is 5.75 Å². The van der Waals surface area contributed by atoms with E-state index in [2.05, 4.69) is 43.3 Å². The largest absolute Gasteiger partial charge is 0.492 e. The molecule has 1 aliphatic rings. The second-order valence-corrected chi connectivity index (χ2v) is 4.76. The van der Waals surface area contributed by atoms with Crippen LogP contribution >= 0.6 is 0 Å². The van der Waals surface area contributed by atoms with E-state index in [9.17, 15) is 0 Å². The topological polar surface area (TPSA) is 35.2 Å². The summed E-state index contributed by atoms with van der Waals surface area (Å²) >= 11 is 0. The van der Waals surface area contributed by atoms with Crippen molar-refractivity contribution in [2.24, 2.45) is 5.73 Å². The Bertz CT molecular complexity index is 590. The lowest BCUT2D eigenvalue weighted by atomic mass is 9.95. The molecule has 0 saturated carbocycles. The van der Waals surface area contributed by atoms with E-state index < -0.39 is 0 Å². The van der Waals surface area contributed by atoms with E-state index in [0.717, 1.165) is 18.8 Å². The summed E-state index contributed by atoms with van der Waals surface area (Å²) in [5.41, 5.74) is 11.9. The zero-order valence-corrected chi connectivity index (χ0v) is 10.6. The molecule has 0 aliphatic carbocycles. The maximum atomic E-state index is 5.84. The Hall–Kier alpha value is -1.80. The molecule has 0 amide bonds. The summed E-state index contributed by atoms with van der Waals surface area (Å²) in [6, 6.07) is 12.8. The molecule has 2 aromatic rings. The minimum absolute atomic E-state index is 0.555. The van der Waals surface area contributed by atoms with Crippen molar-refractivity contribution < 1.29 is 4.74 Å². The van der Waals surface area contributed by atoms with Gasteiger partial charge in [-0.2, -0.15) is 0 Å². The average molecular weight is 239 g/mol. The Morgan fingerprint density at radius 3 is 2.89 bits per heavy atom. The first-order valence-electron chi connectivity index (χ1n) is 6.34. The number of rotatable bonds is 2. The van der Waals surface area contributed by atoms with Gasteiger partial charge >= 0.3 is 0 Å². The average Bonchev–Trinajstić information content (AvgIpc) is 2.86. The summed E-state index contributed by atoms with van der Waals surface area (Å²) in [5, 5.41) is 0. The normalized spacial score (nSPS) is 13.2. The number of aryl methyl sites for hydroxylation is 1. The predicted molar refractivity (Wildman–Crippen MR) is 73.7 cm³/mol. The molecule has 2 nitrogen and oxygen atoms in total. The van der Waals surface area contributed by atoms with Gasteiger partial charge in [-0.05, 0) is 23.6 Å². The van der Waals surface area contributed by atoms with Gasteiger partial charge in [0.2, 0.25) is 0 Å². The van der Waals surface area contributed by atoms with E-state index in [1.165, 1.54) is 27.8 Å². The van der Waals surface area contributed by atoms with Crippen LogP contribution in [0.4, 0.5) is 0 Å². The Labute approximate surface area is 107 Å². The molecule has 92 valence electrons. The Morgan fingerprint density at radius 2 is 2.06 bits per heavy atom. The molecule has 1 heterocycles. The molecule has 1 aliphatic heterocycles. The van der Waals surface area contributed by atoms with Crippen LogP contribution < -0.4 is 10.5 Å². The number of hydrogen-bond donors (Lipinski definition) is 1. The molecular formula is C16H17NO. The first-order chi connectivity index (χ1) is 8.79. The van der Waals surface area contributed by atoms with Crippen molar-refractivity contribution in [1.82, 2.24) is 0 Å². The summed E-state index contributed by atoms with van der Waals surface area (Å²) in [5.74, 6) is 1.04. The lowest BCUT2D eigenvalue weighted by molar-refractivity contribution is 0.358. The molecule has 2 aromatic carbocycles. The van der Waals surface area contributed by atoms with E-state index in [-0.39, 0.29) is 0 Å². The van der Waals surface area contributed by atoms with E-state index in [4.69, 9.17) is 10.5 Å². The Morgan fingerprint density at radius 1 is 1.17 bits per heavy atom. The van der Waals surface area contributed by atoms with Gasteiger partial charge in [0.15, 0.2) is 0 Å². The molecule has 18 heavy (non-hydrogen) atoms. The van der Waals surface area contributed by atoms with Crippen LogP contribution in [0, 0.1) is 6.92 Å². The van der Waals surface area contributed by atoms with Gasteiger partial charge in [-0.1, -0.05) is 42.0 Å². The van der Waals surface area contributed by atoms with Crippen molar-refractivity contribution in [1.29, 1.82) is 0 Å². The predicted octanol–water partition coefficient (Wildman–Crippen LogP) is 3.06. The zero-order valence-electron chi connectivity index (χ0n) is 10.6. The van der Waals surface area contributed by atoms with Gasteiger partial charge in [0.1, 0.15) is 5.75 Å². The first kappa shape index (κ1) is 11.3. The number of nitrogens with two attached hydrogens (primary N) is 1. The number of ether oxygens (including phenoxy) is 1. The molecule has 0 bridgehead atoms. The summed E-state index contributed by atoms with van der Waals surface area (Å²) < 4.78 is 5.78. The SMILES string of the molecule is Cc1ccc(CN)c(-c2cccc3c2OCC3)c1. The van der Waals surface area contributed by atoms with Gasteiger partial charge in [0.25, 0.3) is 0 Å². The summed E-state index contributed by atoms with van der Waals surface area (Å²) in [6.45, 7) is 3.45. The lowest BCUT2D eigenvalue weighted by Gasteiger charge is -2.13. The minimum Gasteiger partial charge on any atom is -0.492 e. The van der Waals surface area contributed by atoms with Crippen molar-refractivity contribution in [2.75, 3.05) is 6.61 Å². The number of fused-ring (bicyclic) bond motifs is 1. The second-order valence-electron chi connectivity index (χ2n) is 4.76. The zero-order chi connectivity index (χ0) is 12.5. The van der Waals surface area contributed by atoms with Crippen LogP contribution in [0.25, 0.3) is 11.1 Å². The van der Waals surface area contributed by atoms with Crippen LogP contribution in [0.15, 0.2) is 36.4 Å². The van der Waals surface area contributed by atoms with E-state index in [1.54, 1.807) is 0 Å². The molecule has 0 fully saturated rings. The summed E-state index contributed by atoms with van der Waals surface area (Å²) in [6.07, 6.45) is 1.01. The van der Waals surface area contributed by atoms with E-state index >= 15 is 0 Å². The van der Waals surface area contributed by atoms with Crippen molar-refractivity contribution in [3.8, 4) is 16.9 Å². The molecule has 0 atom stereocenters. The van der Waals surface area contributed by atoms with Gasteiger partial charge in [0.05, 0.1) is 6.61 Å². The van der Waals surface area contributed by atoms with Crippen LogP contribution in [0.3, 0.4) is 0 Å². The second kappa shape index (κ2) is 4.46. The molecule has 0 aromatic heterocycles. The third-order valence-corrected chi connectivity index (χ3v) is 3.49. The fraction of sp³-hybridized carbons (Fsp3) is 0.250. The van der Waals surface area contributed by atoms with Gasteiger partial charge < -0.3 is 10.5 Å². The first-order valence-corrected chi connectivity index (χ1v) is 6.34. The van der Waals surface area contributed by atoms with Crippen LogP contribution in [0.1, 0.15) is 16.7 Å². The quantitative estimate of drug-likeness (QED) is 0.874. The Balaban J connectivity index is 2.21. The van der Waals surface area contributed by atoms with Gasteiger partial charge in [-0.15, -0.1) is 0 Å². The minimum atomic E-state index is 0.555. The number of hydrogen-bond acceptors (Lipinski definition) is 2. The van der Waals surface area contributed by atoms with Gasteiger partial charge in [-0.25, -0.2) is 0 Å². The molecule has 0 radical (unpaired) electrons. The van der Waals surface area contributed by atoms with Crippen LogP contribution in [0.2, 0.25) is 0 Å². The van der Waals surface area contributed by atoms with Gasteiger partial charge in [-0.3, -0.25) is 0 Å². The summed E-state index contributed by atoms with van der Waals surface area (Å²) in [4.78, 5) is 0. The molecular weight excluding hydrogens is 222 g/mol. The molecule has 2 heteroatoms. The fourth-order valence-corrected chi connectivity index (χ4v) is 2.55.